The van der Waals surface area contributed by atoms with Gasteiger partial charge in [-0.25, -0.2) is 0 Å². The quantitative estimate of drug-likeness (QED) is 0.280. The van der Waals surface area contributed by atoms with Gasteiger partial charge in [-0.3, -0.25) is 4.79 Å². The fourth-order valence-electron chi connectivity index (χ4n) is 0.967. The van der Waals surface area contributed by atoms with Crippen molar-refractivity contribution in [2.24, 2.45) is 0 Å². The smallest absolute Gasteiger partial charge is 0.316 e. The molecule has 0 fully saturated rings. The Kier molecular flexibility index (Phi) is 7.80. The number of likely N-dealkylation sites (N-methyl/N-ethyl adjacent to an activating group) is 1. The Hall–Kier alpha value is -0.500. The molecular weight excluding hydrogens is 186 g/mol. The summed E-state index contributed by atoms with van der Waals surface area (Å²) < 4.78 is 0. The largest absolute Gasteiger partial charge is 0.326 e. The van der Waals surface area contributed by atoms with Gasteiger partial charge in [0.15, 0.2) is 0 Å². The van der Waals surface area contributed by atoms with Crippen molar-refractivity contribution in [2.45, 2.75) is 33.1 Å². The average Bonchev–Trinajstić information content (AvgIpc) is 2.10. The molecule has 0 unspecified atom stereocenters. The molecule has 0 N–H and O–H groups in total. The summed E-state index contributed by atoms with van der Waals surface area (Å²) in [6.45, 7) is 5.37. The van der Waals surface area contributed by atoms with Crippen LogP contribution in [-0.4, -0.2) is 23.4 Å². The van der Waals surface area contributed by atoms with Gasteiger partial charge in [-0.2, -0.15) is 0 Å². The van der Waals surface area contributed by atoms with E-state index in [9.17, 15) is 4.79 Å². The lowest BCUT2D eigenvalue weighted by Gasteiger charge is -2.14. The number of carbonyl (C=O) groups excluding carboxylic acids is 1. The molecule has 0 aromatic heterocycles. The number of allylic oxidation sites excluding steroid dienone is 1. The lowest BCUT2D eigenvalue weighted by Crippen LogP contribution is -2.25. The molecule has 0 aliphatic carbocycles. The van der Waals surface area contributed by atoms with E-state index in [1.807, 2.05) is 13.0 Å². The Labute approximate surface area is 85.6 Å². The summed E-state index contributed by atoms with van der Waals surface area (Å²) in [4.78, 5) is 12.3. The minimum atomic E-state index is -0.373. The van der Waals surface area contributed by atoms with Crippen LogP contribution in [0.3, 0.4) is 0 Å². The third-order valence-corrected chi connectivity index (χ3v) is 2.09. The number of rotatable bonds is 6. The van der Waals surface area contributed by atoms with Crippen LogP contribution in [-0.2, 0) is 0 Å². The summed E-state index contributed by atoms with van der Waals surface area (Å²) in [6.07, 6.45) is 7.60. The van der Waals surface area contributed by atoms with Gasteiger partial charge in [0.1, 0.15) is 0 Å². The molecule has 0 bridgehead atoms. The summed E-state index contributed by atoms with van der Waals surface area (Å²) >= 11 is 5.34. The topological polar surface area (TPSA) is 20.3 Å². The molecule has 13 heavy (non-hydrogen) atoms. The Morgan fingerprint density at radius 3 is 2.54 bits per heavy atom. The van der Waals surface area contributed by atoms with Crippen LogP contribution in [0.25, 0.3) is 0 Å². The third kappa shape index (κ3) is 6.64. The van der Waals surface area contributed by atoms with Crippen molar-refractivity contribution in [1.29, 1.82) is 0 Å². The van der Waals surface area contributed by atoms with Crippen LogP contribution in [0.2, 0.25) is 0 Å². The normalized spacial score (nSPS) is 10.7. The SMILES string of the molecule is CCCCC=CCN(CC)C(=O)Cl. The first kappa shape index (κ1) is 12.5. The summed E-state index contributed by atoms with van der Waals surface area (Å²) in [5.41, 5.74) is 0. The van der Waals surface area contributed by atoms with E-state index in [1.165, 1.54) is 12.8 Å². The molecule has 0 saturated heterocycles. The Morgan fingerprint density at radius 1 is 1.38 bits per heavy atom. The van der Waals surface area contributed by atoms with E-state index in [4.69, 9.17) is 11.6 Å². The van der Waals surface area contributed by atoms with Crippen LogP contribution >= 0.6 is 11.6 Å². The van der Waals surface area contributed by atoms with Crippen molar-refractivity contribution in [1.82, 2.24) is 4.90 Å². The van der Waals surface area contributed by atoms with Gasteiger partial charge in [-0.05, 0) is 24.9 Å². The minimum Gasteiger partial charge on any atom is -0.326 e. The van der Waals surface area contributed by atoms with Crippen molar-refractivity contribution >= 4 is 17.0 Å². The first-order valence-electron chi connectivity index (χ1n) is 4.81. The number of amides is 1. The molecule has 0 aromatic rings. The molecule has 3 heteroatoms. The molecule has 0 saturated carbocycles. The first-order chi connectivity index (χ1) is 6.22. The highest BCUT2D eigenvalue weighted by atomic mass is 35.5. The van der Waals surface area contributed by atoms with Crippen LogP contribution in [0.4, 0.5) is 4.79 Å². The summed E-state index contributed by atoms with van der Waals surface area (Å²) in [7, 11) is 0. The van der Waals surface area contributed by atoms with Crippen LogP contribution in [0.15, 0.2) is 12.2 Å². The van der Waals surface area contributed by atoms with E-state index in [0.29, 0.717) is 13.1 Å². The molecule has 0 aliphatic heterocycles. The van der Waals surface area contributed by atoms with Gasteiger partial charge in [-0.15, -0.1) is 0 Å². The zero-order valence-electron chi connectivity index (χ0n) is 8.42. The van der Waals surface area contributed by atoms with Gasteiger partial charge in [0.05, 0.1) is 0 Å². The lowest BCUT2D eigenvalue weighted by atomic mass is 10.2. The van der Waals surface area contributed by atoms with E-state index in [-0.39, 0.29) is 5.37 Å². The van der Waals surface area contributed by atoms with Crippen molar-refractivity contribution in [2.75, 3.05) is 13.1 Å². The molecule has 1 amide bonds. The van der Waals surface area contributed by atoms with E-state index in [1.54, 1.807) is 4.90 Å². The third-order valence-electron chi connectivity index (χ3n) is 1.85. The van der Waals surface area contributed by atoms with Crippen LogP contribution < -0.4 is 0 Å². The second-order valence-electron chi connectivity index (χ2n) is 2.91. The van der Waals surface area contributed by atoms with Gasteiger partial charge in [0.2, 0.25) is 0 Å². The molecule has 0 spiro atoms. The summed E-state index contributed by atoms with van der Waals surface area (Å²) in [6, 6.07) is 0. The predicted octanol–water partition coefficient (Wildman–Crippen LogP) is 3.41. The highest BCUT2D eigenvalue weighted by molar-refractivity contribution is 6.62. The van der Waals surface area contributed by atoms with Crippen LogP contribution in [0, 0.1) is 0 Å². The Bertz CT molecular complexity index is 168. The van der Waals surface area contributed by atoms with Crippen molar-refractivity contribution < 1.29 is 4.79 Å². The summed E-state index contributed by atoms with van der Waals surface area (Å²) in [5, 5.41) is -0.373. The predicted molar refractivity (Wildman–Crippen MR) is 57.2 cm³/mol. The maximum absolute atomic E-state index is 10.8. The van der Waals surface area contributed by atoms with Crippen molar-refractivity contribution in [3.8, 4) is 0 Å². The second-order valence-corrected chi connectivity index (χ2v) is 3.23. The van der Waals surface area contributed by atoms with Gasteiger partial charge in [0.25, 0.3) is 0 Å². The van der Waals surface area contributed by atoms with E-state index in [0.717, 1.165) is 6.42 Å². The first-order valence-corrected chi connectivity index (χ1v) is 5.19. The van der Waals surface area contributed by atoms with Gasteiger partial charge in [0, 0.05) is 13.1 Å². The fourth-order valence-corrected chi connectivity index (χ4v) is 1.16. The zero-order valence-corrected chi connectivity index (χ0v) is 9.18. The van der Waals surface area contributed by atoms with Crippen LogP contribution in [0.5, 0.6) is 0 Å². The number of hydrogen-bond donors (Lipinski definition) is 0. The number of nitrogens with zero attached hydrogens (tertiary/aromatic N) is 1. The lowest BCUT2D eigenvalue weighted by molar-refractivity contribution is 0.229. The maximum Gasteiger partial charge on any atom is 0.316 e. The van der Waals surface area contributed by atoms with Crippen molar-refractivity contribution in [3.63, 3.8) is 0 Å². The van der Waals surface area contributed by atoms with Gasteiger partial charge >= 0.3 is 5.37 Å². The van der Waals surface area contributed by atoms with Crippen LogP contribution in [0.1, 0.15) is 33.1 Å². The number of carbonyl (C=O) groups is 1. The standard InChI is InChI=1S/C10H18ClNO/c1-3-5-6-7-8-9-12(4-2)10(11)13/h7-8H,3-6,9H2,1-2H3. The van der Waals surface area contributed by atoms with E-state index in [2.05, 4.69) is 13.0 Å². The molecule has 76 valence electrons. The molecule has 0 atom stereocenters. The zero-order chi connectivity index (χ0) is 10.1. The highest BCUT2D eigenvalue weighted by Crippen LogP contribution is 1.98. The molecule has 0 heterocycles. The van der Waals surface area contributed by atoms with Gasteiger partial charge < -0.3 is 4.90 Å². The summed E-state index contributed by atoms with van der Waals surface area (Å²) in [5.74, 6) is 0. The molecule has 0 radical (unpaired) electrons. The molecular formula is C10H18ClNO. The molecule has 0 aliphatic rings. The van der Waals surface area contributed by atoms with Gasteiger partial charge in [-0.1, -0.05) is 31.9 Å². The Balaban J connectivity index is 3.59. The molecule has 2 nitrogen and oxygen atoms in total. The molecule has 0 aromatic carbocycles. The van der Waals surface area contributed by atoms with Crippen molar-refractivity contribution in [3.05, 3.63) is 12.2 Å². The average molecular weight is 204 g/mol. The molecule has 0 rings (SSSR count). The van der Waals surface area contributed by atoms with E-state index >= 15 is 0 Å². The number of halogens is 1. The highest BCUT2D eigenvalue weighted by Gasteiger charge is 2.03. The number of hydrogen-bond acceptors (Lipinski definition) is 1. The maximum atomic E-state index is 10.8. The Morgan fingerprint density at radius 2 is 2.08 bits per heavy atom. The second kappa shape index (κ2) is 8.11. The fraction of sp³-hybridized carbons (Fsp3) is 0.700. The minimum absolute atomic E-state index is 0.373. The van der Waals surface area contributed by atoms with E-state index < -0.39 is 0 Å². The monoisotopic (exact) mass is 203 g/mol. The number of unbranched alkanes of at least 4 members (excludes halogenated alkanes) is 2.